The highest BCUT2D eigenvalue weighted by Gasteiger charge is 1.99. The van der Waals surface area contributed by atoms with Gasteiger partial charge in [-0.3, -0.25) is 4.98 Å². The van der Waals surface area contributed by atoms with Crippen molar-refractivity contribution in [2.75, 3.05) is 6.61 Å². The van der Waals surface area contributed by atoms with Crippen LogP contribution in [0.25, 0.3) is 0 Å². The lowest BCUT2D eigenvalue weighted by atomic mass is 10.4. The Morgan fingerprint density at radius 2 is 2.31 bits per heavy atom. The summed E-state index contributed by atoms with van der Waals surface area (Å²) in [7, 11) is 0. The zero-order valence-corrected chi connectivity index (χ0v) is 10.2. The Morgan fingerprint density at radius 1 is 1.38 bits per heavy atom. The van der Waals surface area contributed by atoms with E-state index in [4.69, 9.17) is 16.3 Å². The van der Waals surface area contributed by atoms with Gasteiger partial charge in [-0.1, -0.05) is 6.07 Å². The molecule has 3 nitrogen and oxygen atoms in total. The van der Waals surface area contributed by atoms with E-state index in [2.05, 4.69) is 21.4 Å². The fourth-order valence-electron chi connectivity index (χ4n) is 1.23. The van der Waals surface area contributed by atoms with E-state index < -0.39 is 0 Å². The van der Waals surface area contributed by atoms with Gasteiger partial charge in [-0.2, -0.15) is 0 Å². The largest absolute Gasteiger partial charge is 0.476 e. The van der Waals surface area contributed by atoms with Crippen LogP contribution in [0.2, 0.25) is 0 Å². The van der Waals surface area contributed by atoms with Crippen molar-refractivity contribution in [2.45, 2.75) is 12.3 Å². The van der Waals surface area contributed by atoms with Gasteiger partial charge in [-0.05, 0) is 11.4 Å². The summed E-state index contributed by atoms with van der Waals surface area (Å²) in [6.45, 7) is 0.612. The van der Waals surface area contributed by atoms with E-state index in [0.29, 0.717) is 18.4 Å². The molecule has 2 aromatic rings. The average molecular weight is 255 g/mol. The summed E-state index contributed by atoms with van der Waals surface area (Å²) in [5.41, 5.74) is 0.732. The molecule has 0 fully saturated rings. The summed E-state index contributed by atoms with van der Waals surface area (Å²) >= 11 is 7.39. The van der Waals surface area contributed by atoms with Gasteiger partial charge >= 0.3 is 0 Å². The van der Waals surface area contributed by atoms with Crippen LogP contribution in [0.15, 0.2) is 29.9 Å². The van der Waals surface area contributed by atoms with Gasteiger partial charge in [0, 0.05) is 17.5 Å². The molecule has 0 bridgehead atoms. The second-order valence-corrected chi connectivity index (χ2v) is 4.46. The minimum Gasteiger partial charge on any atom is -0.476 e. The van der Waals surface area contributed by atoms with Gasteiger partial charge in [0.1, 0.15) is 0 Å². The summed E-state index contributed by atoms with van der Waals surface area (Å²) in [6, 6.07) is 4.13. The van der Waals surface area contributed by atoms with Gasteiger partial charge in [0.05, 0.1) is 24.4 Å². The van der Waals surface area contributed by atoms with E-state index in [1.807, 2.05) is 6.07 Å². The lowest BCUT2D eigenvalue weighted by Gasteiger charge is -2.04. The monoisotopic (exact) mass is 254 g/mol. The van der Waals surface area contributed by atoms with Crippen molar-refractivity contribution in [3.63, 3.8) is 0 Å². The zero-order chi connectivity index (χ0) is 11.2. The number of thiophene rings is 1. The lowest BCUT2D eigenvalue weighted by Crippen LogP contribution is -2.03. The van der Waals surface area contributed by atoms with E-state index in [0.717, 1.165) is 12.1 Å². The van der Waals surface area contributed by atoms with Crippen molar-refractivity contribution >= 4 is 22.9 Å². The molecular formula is C11H11ClN2OS. The molecular weight excluding hydrogens is 244 g/mol. The van der Waals surface area contributed by atoms with Crippen molar-refractivity contribution in [1.82, 2.24) is 9.97 Å². The van der Waals surface area contributed by atoms with Crippen LogP contribution in [0.1, 0.15) is 10.6 Å². The first kappa shape index (κ1) is 11.4. The number of alkyl halides is 1. The smallest absolute Gasteiger partial charge is 0.232 e. The van der Waals surface area contributed by atoms with Gasteiger partial charge in [0.25, 0.3) is 0 Å². The minimum atomic E-state index is 0.356. The van der Waals surface area contributed by atoms with E-state index in [-0.39, 0.29) is 0 Å². The third kappa shape index (κ3) is 3.18. The number of rotatable bonds is 5. The molecule has 2 heterocycles. The first-order valence-electron chi connectivity index (χ1n) is 4.90. The molecule has 0 saturated carbocycles. The highest BCUT2D eigenvalue weighted by atomic mass is 35.5. The molecule has 0 aliphatic carbocycles. The normalized spacial score (nSPS) is 10.3. The third-order valence-electron chi connectivity index (χ3n) is 1.98. The predicted octanol–water partition coefficient (Wildman–Crippen LogP) is 2.90. The van der Waals surface area contributed by atoms with Gasteiger partial charge in [0.2, 0.25) is 5.88 Å². The Kier molecular flexibility index (Phi) is 4.13. The molecule has 0 amide bonds. The molecule has 5 heteroatoms. The number of hydrogen-bond acceptors (Lipinski definition) is 4. The second kappa shape index (κ2) is 5.82. The van der Waals surface area contributed by atoms with Gasteiger partial charge in [-0.15, -0.1) is 22.9 Å². The average Bonchev–Trinajstić information content (AvgIpc) is 2.82. The molecule has 84 valence electrons. The molecule has 0 radical (unpaired) electrons. The quantitative estimate of drug-likeness (QED) is 0.770. The molecule has 0 aliphatic heterocycles. The summed E-state index contributed by atoms with van der Waals surface area (Å²) in [6.07, 6.45) is 4.13. The van der Waals surface area contributed by atoms with Crippen LogP contribution in [-0.4, -0.2) is 16.6 Å². The van der Waals surface area contributed by atoms with Crippen molar-refractivity contribution in [3.8, 4) is 5.88 Å². The molecule has 2 rings (SSSR count). The standard InChI is InChI=1S/C11H11ClN2OS/c12-6-9-7-13-8-11(14-9)15-4-3-10-2-1-5-16-10/h1-2,5,7-8H,3-4,6H2. The summed E-state index contributed by atoms with van der Waals surface area (Å²) in [5, 5.41) is 2.06. The number of hydrogen-bond donors (Lipinski definition) is 0. The maximum atomic E-state index is 5.66. The summed E-state index contributed by atoms with van der Waals surface area (Å²) in [4.78, 5) is 9.51. The fraction of sp³-hybridized carbons (Fsp3) is 0.273. The van der Waals surface area contributed by atoms with Crippen molar-refractivity contribution < 1.29 is 4.74 Å². The Hall–Kier alpha value is -1.13. The number of nitrogens with zero attached hydrogens (tertiary/aromatic N) is 2. The Bertz CT molecular complexity index is 433. The van der Waals surface area contributed by atoms with E-state index >= 15 is 0 Å². The third-order valence-corrected chi connectivity index (χ3v) is 3.19. The van der Waals surface area contributed by atoms with Crippen LogP contribution >= 0.6 is 22.9 Å². The number of aromatic nitrogens is 2. The van der Waals surface area contributed by atoms with E-state index in [9.17, 15) is 0 Å². The maximum Gasteiger partial charge on any atom is 0.232 e. The summed E-state index contributed by atoms with van der Waals surface area (Å²) < 4.78 is 5.50. The van der Waals surface area contributed by atoms with Crippen molar-refractivity contribution in [2.24, 2.45) is 0 Å². The molecule has 16 heavy (non-hydrogen) atoms. The summed E-state index contributed by atoms with van der Waals surface area (Å²) in [5.74, 6) is 0.893. The Labute approximate surface area is 103 Å². The molecule has 0 aliphatic rings. The first-order chi connectivity index (χ1) is 7.88. The number of halogens is 1. The maximum absolute atomic E-state index is 5.66. The SMILES string of the molecule is ClCc1cncc(OCCc2cccs2)n1. The highest BCUT2D eigenvalue weighted by Crippen LogP contribution is 2.11. The molecule has 0 unspecified atom stereocenters. The fourth-order valence-corrected chi connectivity index (χ4v) is 2.05. The van der Waals surface area contributed by atoms with Gasteiger partial charge in [0.15, 0.2) is 0 Å². The van der Waals surface area contributed by atoms with Crippen LogP contribution in [0.3, 0.4) is 0 Å². The molecule has 0 atom stereocenters. The first-order valence-corrected chi connectivity index (χ1v) is 6.32. The predicted molar refractivity (Wildman–Crippen MR) is 65.1 cm³/mol. The topological polar surface area (TPSA) is 35.0 Å². The zero-order valence-electron chi connectivity index (χ0n) is 8.60. The van der Waals surface area contributed by atoms with Crippen LogP contribution in [0.5, 0.6) is 5.88 Å². The lowest BCUT2D eigenvalue weighted by molar-refractivity contribution is 0.308. The Balaban J connectivity index is 1.85. The van der Waals surface area contributed by atoms with Gasteiger partial charge < -0.3 is 4.74 Å². The van der Waals surface area contributed by atoms with Crippen molar-refractivity contribution in [1.29, 1.82) is 0 Å². The minimum absolute atomic E-state index is 0.356. The second-order valence-electron chi connectivity index (χ2n) is 3.16. The van der Waals surface area contributed by atoms with Crippen molar-refractivity contribution in [3.05, 3.63) is 40.5 Å². The van der Waals surface area contributed by atoms with Crippen LogP contribution < -0.4 is 4.74 Å². The Morgan fingerprint density at radius 3 is 3.06 bits per heavy atom. The van der Waals surface area contributed by atoms with E-state index in [1.165, 1.54) is 4.88 Å². The molecule has 0 N–H and O–H groups in total. The highest BCUT2D eigenvalue weighted by molar-refractivity contribution is 7.09. The number of ether oxygens (including phenoxy) is 1. The van der Waals surface area contributed by atoms with Crippen LogP contribution in [-0.2, 0) is 12.3 Å². The molecule has 0 spiro atoms. The van der Waals surface area contributed by atoms with E-state index in [1.54, 1.807) is 23.7 Å². The van der Waals surface area contributed by atoms with Crippen LogP contribution in [0, 0.1) is 0 Å². The molecule has 0 aromatic carbocycles. The molecule has 2 aromatic heterocycles. The van der Waals surface area contributed by atoms with Crippen LogP contribution in [0.4, 0.5) is 0 Å². The molecule has 0 saturated heterocycles. The van der Waals surface area contributed by atoms with Gasteiger partial charge in [-0.25, -0.2) is 4.98 Å².